The molecule has 0 aromatic heterocycles. The van der Waals surface area contributed by atoms with Gasteiger partial charge in [-0.15, -0.1) is 0 Å². The zero-order valence-corrected chi connectivity index (χ0v) is 15.7. The van der Waals surface area contributed by atoms with Crippen LogP contribution >= 0.6 is 15.9 Å². The Balaban J connectivity index is 1.84. The topological polar surface area (TPSA) is 65.0 Å². The van der Waals surface area contributed by atoms with Crippen molar-refractivity contribution >= 4 is 33.7 Å². The van der Waals surface area contributed by atoms with Crippen LogP contribution in [0.5, 0.6) is 0 Å². The van der Waals surface area contributed by atoms with E-state index in [0.717, 1.165) is 10.4 Å². The number of halogens is 1. The van der Waals surface area contributed by atoms with Crippen molar-refractivity contribution in [3.63, 3.8) is 0 Å². The summed E-state index contributed by atoms with van der Waals surface area (Å²) in [6.45, 7) is 1.59. The van der Waals surface area contributed by atoms with Crippen molar-refractivity contribution in [2.45, 2.75) is 25.8 Å². The number of piperidine rings is 1. The van der Waals surface area contributed by atoms with Gasteiger partial charge in [0.2, 0.25) is 11.8 Å². The Morgan fingerprint density at radius 2 is 1.88 bits per heavy atom. The van der Waals surface area contributed by atoms with Crippen LogP contribution in [0.2, 0.25) is 0 Å². The zero-order chi connectivity index (χ0) is 17.5. The van der Waals surface area contributed by atoms with Crippen LogP contribution < -0.4 is 5.32 Å². The maximum atomic E-state index is 11.8. The second-order valence-corrected chi connectivity index (χ2v) is 6.66. The van der Waals surface area contributed by atoms with Crippen molar-refractivity contribution in [2.75, 3.05) is 27.2 Å². The van der Waals surface area contributed by atoms with Gasteiger partial charge in [-0.25, -0.2) is 0 Å². The third-order valence-electron chi connectivity index (χ3n) is 3.91. The molecule has 0 aliphatic carbocycles. The van der Waals surface area contributed by atoms with E-state index in [2.05, 4.69) is 38.4 Å². The summed E-state index contributed by atoms with van der Waals surface area (Å²) < 4.78 is 1.05. The summed E-state index contributed by atoms with van der Waals surface area (Å²) in [5.74, 6) is 0.576. The lowest BCUT2D eigenvalue weighted by Crippen LogP contribution is -2.46. The molecule has 1 aliphatic rings. The largest absolute Gasteiger partial charge is 0.354 e. The maximum Gasteiger partial charge on any atom is 0.229 e. The van der Waals surface area contributed by atoms with Crippen LogP contribution in [0.3, 0.4) is 0 Å². The first-order valence-electron chi connectivity index (χ1n) is 8.00. The Morgan fingerprint density at radius 1 is 1.25 bits per heavy atom. The lowest BCUT2D eigenvalue weighted by molar-refractivity contribution is -0.147. The first-order chi connectivity index (χ1) is 11.5. The van der Waals surface area contributed by atoms with Gasteiger partial charge >= 0.3 is 0 Å². The minimum atomic E-state index is -0.0775. The van der Waals surface area contributed by atoms with E-state index in [1.54, 1.807) is 7.05 Å². The smallest absolute Gasteiger partial charge is 0.229 e. The molecule has 1 fully saturated rings. The fourth-order valence-electron chi connectivity index (χ4n) is 2.65. The van der Waals surface area contributed by atoms with E-state index >= 15 is 0 Å². The fraction of sp³-hybridized carbons (Fsp3) is 0.471. The molecule has 0 radical (unpaired) electrons. The van der Waals surface area contributed by atoms with E-state index in [1.807, 2.05) is 24.1 Å². The van der Waals surface area contributed by atoms with Crippen molar-refractivity contribution in [1.82, 2.24) is 15.1 Å². The second-order valence-electron chi connectivity index (χ2n) is 5.75. The number of carbonyl (C=O) groups is 2. The molecule has 1 N–H and O–H groups in total. The zero-order valence-electron chi connectivity index (χ0n) is 14.1. The number of amides is 2. The van der Waals surface area contributed by atoms with E-state index in [-0.39, 0.29) is 11.8 Å². The van der Waals surface area contributed by atoms with E-state index in [9.17, 15) is 9.59 Å². The Labute approximate surface area is 151 Å². The molecule has 130 valence electrons. The molecule has 1 heterocycles. The van der Waals surface area contributed by atoms with Gasteiger partial charge in [0.05, 0.1) is 0 Å². The van der Waals surface area contributed by atoms with E-state index < -0.39 is 0 Å². The van der Waals surface area contributed by atoms with Crippen molar-refractivity contribution in [3.8, 4) is 0 Å². The highest BCUT2D eigenvalue weighted by atomic mass is 79.9. The number of carbonyl (C=O) groups excluding carboxylic acids is 2. The molecule has 0 bridgehead atoms. The average Bonchev–Trinajstić information content (AvgIpc) is 2.56. The summed E-state index contributed by atoms with van der Waals surface area (Å²) in [5, 5.41) is 3.21. The highest BCUT2D eigenvalue weighted by Crippen LogP contribution is 2.12. The number of nitrogens with zero attached hydrogens (tertiary/aromatic N) is 3. The molecule has 6 nitrogen and oxygen atoms in total. The molecular formula is C17H23BrN4O2. The summed E-state index contributed by atoms with van der Waals surface area (Å²) in [6.07, 6.45) is 1.59. The Bertz CT molecular complexity index is 600. The van der Waals surface area contributed by atoms with Crippen LogP contribution in [0.4, 0.5) is 0 Å². The monoisotopic (exact) mass is 394 g/mol. The molecule has 1 aromatic rings. The van der Waals surface area contributed by atoms with Crippen LogP contribution in [-0.4, -0.2) is 54.8 Å². The van der Waals surface area contributed by atoms with Crippen LogP contribution in [0.1, 0.15) is 24.8 Å². The molecule has 0 spiro atoms. The summed E-state index contributed by atoms with van der Waals surface area (Å²) in [5.41, 5.74) is 1.17. The Morgan fingerprint density at radius 3 is 2.46 bits per heavy atom. The maximum absolute atomic E-state index is 11.8. The van der Waals surface area contributed by atoms with E-state index in [4.69, 9.17) is 0 Å². The molecule has 2 rings (SSSR count). The number of guanidine groups is 1. The first kappa shape index (κ1) is 18.4. The lowest BCUT2D eigenvalue weighted by atomic mass is 10.1. The molecule has 0 atom stereocenters. The molecular weight excluding hydrogens is 372 g/mol. The quantitative estimate of drug-likeness (QED) is 0.471. The average molecular weight is 395 g/mol. The highest BCUT2D eigenvalue weighted by molar-refractivity contribution is 9.10. The third-order valence-corrected chi connectivity index (χ3v) is 4.44. The van der Waals surface area contributed by atoms with Crippen LogP contribution in [0.25, 0.3) is 0 Å². The predicted octanol–water partition coefficient (Wildman–Crippen LogP) is 2.00. The lowest BCUT2D eigenvalue weighted by Gasteiger charge is -2.26. The van der Waals surface area contributed by atoms with Crippen LogP contribution in [-0.2, 0) is 16.1 Å². The molecule has 2 amide bonds. The summed E-state index contributed by atoms with van der Waals surface area (Å²) in [4.78, 5) is 31.2. The number of aliphatic imine (C=N–C) groups is 1. The van der Waals surface area contributed by atoms with Crippen molar-refractivity contribution in [3.05, 3.63) is 34.3 Å². The van der Waals surface area contributed by atoms with Gasteiger partial charge in [0.1, 0.15) is 0 Å². The van der Waals surface area contributed by atoms with Gasteiger partial charge in [-0.3, -0.25) is 19.5 Å². The molecule has 24 heavy (non-hydrogen) atoms. The van der Waals surface area contributed by atoms with Crippen molar-refractivity contribution < 1.29 is 9.59 Å². The minimum Gasteiger partial charge on any atom is -0.354 e. The first-order valence-corrected chi connectivity index (χ1v) is 8.80. The highest BCUT2D eigenvalue weighted by Gasteiger charge is 2.25. The molecule has 7 heteroatoms. The summed E-state index contributed by atoms with van der Waals surface area (Å²) >= 11 is 3.43. The molecule has 0 unspecified atom stereocenters. The standard InChI is InChI=1S/C17H23BrN4O2/c1-19-17(21(2)12-13-6-8-14(18)9-7-13)20-10-11-22-15(23)4-3-5-16(22)24/h6-9H,3-5,10-12H2,1-2H3,(H,19,20). The van der Waals surface area contributed by atoms with Gasteiger partial charge in [0.25, 0.3) is 0 Å². The third kappa shape index (κ3) is 5.06. The predicted molar refractivity (Wildman–Crippen MR) is 97.5 cm³/mol. The van der Waals surface area contributed by atoms with Crippen molar-refractivity contribution in [1.29, 1.82) is 0 Å². The molecule has 1 aromatic carbocycles. The van der Waals surface area contributed by atoms with Gasteiger partial charge in [0.15, 0.2) is 5.96 Å². The van der Waals surface area contributed by atoms with E-state index in [1.165, 1.54) is 10.5 Å². The Hall–Kier alpha value is -1.89. The number of hydrogen-bond acceptors (Lipinski definition) is 3. The summed E-state index contributed by atoms with van der Waals surface area (Å²) in [6, 6.07) is 8.12. The van der Waals surface area contributed by atoms with Crippen LogP contribution in [0, 0.1) is 0 Å². The van der Waals surface area contributed by atoms with Gasteiger partial charge in [-0.1, -0.05) is 28.1 Å². The molecule has 1 saturated heterocycles. The Kier molecular flexibility index (Phi) is 6.78. The van der Waals surface area contributed by atoms with Gasteiger partial charge in [-0.2, -0.15) is 0 Å². The number of nitrogens with one attached hydrogen (secondary N) is 1. The minimum absolute atomic E-state index is 0.0775. The van der Waals surface area contributed by atoms with Gasteiger partial charge in [-0.05, 0) is 24.1 Å². The summed E-state index contributed by atoms with van der Waals surface area (Å²) in [7, 11) is 3.67. The molecule has 1 aliphatic heterocycles. The van der Waals surface area contributed by atoms with E-state index in [0.29, 0.717) is 38.9 Å². The molecule has 0 saturated carbocycles. The van der Waals surface area contributed by atoms with Crippen LogP contribution in [0.15, 0.2) is 33.7 Å². The van der Waals surface area contributed by atoms with Gasteiger partial charge in [0, 0.05) is 51.0 Å². The SMILES string of the molecule is CN=C(NCCN1C(=O)CCCC1=O)N(C)Cc1ccc(Br)cc1. The van der Waals surface area contributed by atoms with Gasteiger partial charge < -0.3 is 10.2 Å². The number of imide groups is 1. The number of rotatable bonds is 5. The van der Waals surface area contributed by atoms with Crippen molar-refractivity contribution in [2.24, 2.45) is 4.99 Å². The fourth-order valence-corrected chi connectivity index (χ4v) is 2.92. The normalized spacial score (nSPS) is 15.6. The second kappa shape index (κ2) is 8.82. The number of likely N-dealkylation sites (tertiary alicyclic amines) is 1. The number of benzene rings is 1. The number of hydrogen-bond donors (Lipinski definition) is 1.